The number of piperidine rings is 1. The normalized spacial score (nSPS) is 16.7. The quantitative estimate of drug-likeness (QED) is 0.821. The van der Waals surface area contributed by atoms with Crippen LogP contribution < -0.4 is 10.6 Å². The topological polar surface area (TPSA) is 66.9 Å². The van der Waals surface area contributed by atoms with E-state index in [-0.39, 0.29) is 5.91 Å². The number of carbonyl (C=O) groups is 1. The highest BCUT2D eigenvalue weighted by Crippen LogP contribution is 2.17. The fourth-order valence-electron chi connectivity index (χ4n) is 2.06. The van der Waals surface area contributed by atoms with Gasteiger partial charge in [0.05, 0.1) is 0 Å². The van der Waals surface area contributed by atoms with E-state index in [2.05, 4.69) is 20.6 Å². The highest BCUT2D eigenvalue weighted by Gasteiger charge is 2.14. The average molecular weight is 234 g/mol. The van der Waals surface area contributed by atoms with Gasteiger partial charge in [-0.25, -0.2) is 9.97 Å². The molecule has 0 aliphatic carbocycles. The van der Waals surface area contributed by atoms with E-state index in [1.54, 1.807) is 18.5 Å². The van der Waals surface area contributed by atoms with Crippen molar-refractivity contribution in [3.63, 3.8) is 0 Å². The Hall–Kier alpha value is -1.49. The van der Waals surface area contributed by atoms with Crippen LogP contribution in [0.2, 0.25) is 0 Å². The molecular weight excluding hydrogens is 216 g/mol. The van der Waals surface area contributed by atoms with E-state index in [0.717, 1.165) is 19.5 Å². The minimum absolute atomic E-state index is 0.00901. The number of hydrogen-bond acceptors (Lipinski definition) is 4. The van der Waals surface area contributed by atoms with Crippen LogP contribution in [0.4, 0.5) is 5.95 Å². The molecule has 1 fully saturated rings. The summed E-state index contributed by atoms with van der Waals surface area (Å²) in [6, 6.07) is 1.73. The lowest BCUT2D eigenvalue weighted by Crippen LogP contribution is -2.28. The Morgan fingerprint density at radius 3 is 2.76 bits per heavy atom. The molecule has 1 aliphatic rings. The average Bonchev–Trinajstić information content (AvgIpc) is 2.39. The second-order valence-corrected chi connectivity index (χ2v) is 4.35. The molecule has 0 bridgehead atoms. The molecular formula is C12H18N4O. The van der Waals surface area contributed by atoms with Crippen LogP contribution in [0, 0.1) is 5.92 Å². The summed E-state index contributed by atoms with van der Waals surface area (Å²) in [6.45, 7) is 2.15. The number of anilines is 1. The van der Waals surface area contributed by atoms with Gasteiger partial charge in [-0.2, -0.15) is 0 Å². The highest BCUT2D eigenvalue weighted by molar-refractivity contribution is 5.88. The van der Waals surface area contributed by atoms with Crippen molar-refractivity contribution in [3.8, 4) is 0 Å². The summed E-state index contributed by atoms with van der Waals surface area (Å²) in [7, 11) is 0. The zero-order valence-electron chi connectivity index (χ0n) is 9.85. The first kappa shape index (κ1) is 12.0. The number of nitrogens with zero attached hydrogens (tertiary/aromatic N) is 2. The van der Waals surface area contributed by atoms with Gasteiger partial charge >= 0.3 is 0 Å². The molecule has 17 heavy (non-hydrogen) atoms. The highest BCUT2D eigenvalue weighted by atomic mass is 16.1. The molecule has 2 N–H and O–H groups in total. The lowest BCUT2D eigenvalue weighted by atomic mass is 9.93. The van der Waals surface area contributed by atoms with Crippen molar-refractivity contribution >= 4 is 11.9 Å². The molecule has 0 radical (unpaired) electrons. The van der Waals surface area contributed by atoms with Gasteiger partial charge in [-0.05, 0) is 44.3 Å². The smallest absolute Gasteiger partial charge is 0.229 e. The third-order valence-corrected chi connectivity index (χ3v) is 3.06. The van der Waals surface area contributed by atoms with Crippen LogP contribution in [0.25, 0.3) is 0 Å². The lowest BCUT2D eigenvalue weighted by Gasteiger charge is -2.21. The molecule has 1 aromatic heterocycles. The molecule has 1 aliphatic heterocycles. The summed E-state index contributed by atoms with van der Waals surface area (Å²) in [5.74, 6) is 1.08. The van der Waals surface area contributed by atoms with Crippen molar-refractivity contribution in [3.05, 3.63) is 18.5 Å². The van der Waals surface area contributed by atoms with Gasteiger partial charge in [-0.15, -0.1) is 0 Å². The Morgan fingerprint density at radius 2 is 2.06 bits per heavy atom. The van der Waals surface area contributed by atoms with Crippen molar-refractivity contribution in [1.29, 1.82) is 0 Å². The van der Waals surface area contributed by atoms with E-state index in [1.807, 2.05) is 0 Å². The molecule has 0 unspecified atom stereocenters. The summed E-state index contributed by atoms with van der Waals surface area (Å²) in [4.78, 5) is 19.6. The minimum Gasteiger partial charge on any atom is -0.317 e. The summed E-state index contributed by atoms with van der Waals surface area (Å²) in [6.07, 6.45) is 7.11. The molecule has 5 heteroatoms. The predicted octanol–water partition coefficient (Wildman–Crippen LogP) is 1.19. The van der Waals surface area contributed by atoms with Crippen LogP contribution in [-0.4, -0.2) is 29.0 Å². The number of nitrogens with one attached hydrogen (secondary N) is 2. The van der Waals surface area contributed by atoms with Gasteiger partial charge in [-0.3, -0.25) is 10.1 Å². The Balaban J connectivity index is 1.70. The number of hydrogen-bond donors (Lipinski definition) is 2. The van der Waals surface area contributed by atoms with Gasteiger partial charge in [0.2, 0.25) is 11.9 Å². The third-order valence-electron chi connectivity index (χ3n) is 3.06. The van der Waals surface area contributed by atoms with E-state index in [9.17, 15) is 4.79 Å². The second-order valence-electron chi connectivity index (χ2n) is 4.35. The van der Waals surface area contributed by atoms with E-state index in [4.69, 9.17) is 0 Å². The molecule has 5 nitrogen and oxygen atoms in total. The van der Waals surface area contributed by atoms with Crippen molar-refractivity contribution in [1.82, 2.24) is 15.3 Å². The maximum atomic E-state index is 11.6. The second kappa shape index (κ2) is 6.30. The van der Waals surface area contributed by atoms with Crippen molar-refractivity contribution < 1.29 is 4.79 Å². The molecule has 1 saturated heterocycles. The van der Waals surface area contributed by atoms with E-state index >= 15 is 0 Å². The number of carbonyl (C=O) groups excluding carboxylic acids is 1. The van der Waals surface area contributed by atoms with Crippen LogP contribution >= 0.6 is 0 Å². The van der Waals surface area contributed by atoms with Crippen LogP contribution in [0.3, 0.4) is 0 Å². The van der Waals surface area contributed by atoms with Gasteiger partial charge in [0.1, 0.15) is 0 Å². The first-order valence-electron chi connectivity index (χ1n) is 6.12. The SMILES string of the molecule is O=C(CCC1CCNCC1)Nc1ncccn1. The van der Waals surface area contributed by atoms with Crippen LogP contribution in [0.1, 0.15) is 25.7 Å². The Labute approximate surface area is 101 Å². The molecule has 2 heterocycles. The lowest BCUT2D eigenvalue weighted by molar-refractivity contribution is -0.116. The molecule has 0 aromatic carbocycles. The monoisotopic (exact) mass is 234 g/mol. The van der Waals surface area contributed by atoms with Gasteiger partial charge in [0.15, 0.2) is 0 Å². The number of amides is 1. The van der Waals surface area contributed by atoms with Crippen LogP contribution in [0.5, 0.6) is 0 Å². The molecule has 2 rings (SSSR count). The minimum atomic E-state index is 0.00901. The maximum Gasteiger partial charge on any atom is 0.229 e. The van der Waals surface area contributed by atoms with Crippen molar-refractivity contribution in [2.24, 2.45) is 5.92 Å². The zero-order valence-corrected chi connectivity index (χ0v) is 9.85. The van der Waals surface area contributed by atoms with Gasteiger partial charge in [0.25, 0.3) is 0 Å². The van der Waals surface area contributed by atoms with Crippen LogP contribution in [-0.2, 0) is 4.79 Å². The Kier molecular flexibility index (Phi) is 4.44. The van der Waals surface area contributed by atoms with E-state index in [0.29, 0.717) is 18.3 Å². The fraction of sp³-hybridized carbons (Fsp3) is 0.583. The molecule has 92 valence electrons. The Morgan fingerprint density at radius 1 is 1.35 bits per heavy atom. The van der Waals surface area contributed by atoms with Gasteiger partial charge in [-0.1, -0.05) is 0 Å². The summed E-state index contributed by atoms with van der Waals surface area (Å²) >= 11 is 0. The third kappa shape index (κ3) is 4.11. The first-order chi connectivity index (χ1) is 8.34. The summed E-state index contributed by atoms with van der Waals surface area (Å²) in [5, 5.41) is 6.03. The van der Waals surface area contributed by atoms with Crippen molar-refractivity contribution in [2.45, 2.75) is 25.7 Å². The van der Waals surface area contributed by atoms with Crippen LogP contribution in [0.15, 0.2) is 18.5 Å². The zero-order chi connectivity index (χ0) is 11.9. The molecule has 0 spiro atoms. The van der Waals surface area contributed by atoms with E-state index < -0.39 is 0 Å². The predicted molar refractivity (Wildman–Crippen MR) is 65.5 cm³/mol. The Bertz CT molecular complexity index is 349. The van der Waals surface area contributed by atoms with Gasteiger partial charge in [0, 0.05) is 18.8 Å². The first-order valence-corrected chi connectivity index (χ1v) is 6.12. The molecule has 1 amide bonds. The van der Waals surface area contributed by atoms with E-state index in [1.165, 1.54) is 12.8 Å². The fourth-order valence-corrected chi connectivity index (χ4v) is 2.06. The summed E-state index contributed by atoms with van der Waals surface area (Å²) in [5.41, 5.74) is 0. The largest absolute Gasteiger partial charge is 0.317 e. The molecule has 1 aromatic rings. The maximum absolute atomic E-state index is 11.6. The molecule has 0 atom stereocenters. The molecule has 0 saturated carbocycles. The summed E-state index contributed by atoms with van der Waals surface area (Å²) < 4.78 is 0. The number of rotatable bonds is 4. The number of aromatic nitrogens is 2. The van der Waals surface area contributed by atoms with Crippen molar-refractivity contribution in [2.75, 3.05) is 18.4 Å². The van der Waals surface area contributed by atoms with Gasteiger partial charge < -0.3 is 5.32 Å². The standard InChI is InChI=1S/C12H18N4O/c17-11(16-12-14-6-1-7-15-12)3-2-10-4-8-13-9-5-10/h1,6-7,10,13H,2-5,8-9H2,(H,14,15,16,17).